The van der Waals surface area contributed by atoms with Crippen molar-refractivity contribution in [2.75, 3.05) is 6.54 Å². The summed E-state index contributed by atoms with van der Waals surface area (Å²) in [6, 6.07) is 4.34. The zero-order valence-electron chi connectivity index (χ0n) is 10.9. The molecule has 0 spiro atoms. The number of oxime groups is 1. The fraction of sp³-hybridized carbons (Fsp3) is 0.385. The smallest absolute Gasteiger partial charge is 0.237 e. The van der Waals surface area contributed by atoms with Crippen LogP contribution in [0.1, 0.15) is 24.0 Å². The van der Waals surface area contributed by atoms with Crippen molar-refractivity contribution in [3.05, 3.63) is 35.1 Å². The third-order valence-electron chi connectivity index (χ3n) is 3.29. The molecule has 108 valence electrons. The minimum atomic E-state index is -0.550. The van der Waals surface area contributed by atoms with Gasteiger partial charge in [0.1, 0.15) is 5.82 Å². The number of nitrogens with one attached hydrogen (secondary N) is 2. The van der Waals surface area contributed by atoms with Crippen molar-refractivity contribution in [2.45, 2.75) is 25.4 Å². The van der Waals surface area contributed by atoms with Gasteiger partial charge in [-0.2, -0.15) is 0 Å². The third kappa shape index (κ3) is 3.05. The fourth-order valence-corrected chi connectivity index (χ4v) is 2.17. The predicted molar refractivity (Wildman–Crippen MR) is 71.8 cm³/mol. The Kier molecular flexibility index (Phi) is 4.52. The Morgan fingerprint density at radius 1 is 1.60 bits per heavy atom. The molecule has 20 heavy (non-hydrogen) atoms. The van der Waals surface area contributed by atoms with Gasteiger partial charge in [-0.05, 0) is 18.9 Å². The second kappa shape index (κ2) is 6.33. The van der Waals surface area contributed by atoms with E-state index in [0.717, 1.165) is 12.8 Å². The Morgan fingerprint density at radius 2 is 2.40 bits per heavy atom. The number of nitrogens with two attached hydrogens (primary N) is 1. The molecule has 1 heterocycles. The summed E-state index contributed by atoms with van der Waals surface area (Å²) >= 11 is 0. The maximum Gasteiger partial charge on any atom is 0.237 e. The van der Waals surface area contributed by atoms with Crippen molar-refractivity contribution >= 4 is 11.7 Å². The molecule has 1 saturated heterocycles. The van der Waals surface area contributed by atoms with Crippen LogP contribution < -0.4 is 16.4 Å². The molecule has 1 atom stereocenters. The first-order valence-electron chi connectivity index (χ1n) is 6.40. The number of piperidine rings is 1. The van der Waals surface area contributed by atoms with Crippen LogP contribution in [0.2, 0.25) is 0 Å². The maximum atomic E-state index is 14.1. The molecule has 1 unspecified atom stereocenters. The summed E-state index contributed by atoms with van der Waals surface area (Å²) in [6.45, 7) is 0.890. The highest BCUT2D eigenvalue weighted by atomic mass is 19.1. The van der Waals surface area contributed by atoms with E-state index in [-0.39, 0.29) is 29.9 Å². The lowest BCUT2D eigenvalue weighted by molar-refractivity contribution is -0.124. The molecular formula is C13H17FN4O2. The lowest BCUT2D eigenvalue weighted by atomic mass is 10.1. The molecule has 0 aromatic heterocycles. The van der Waals surface area contributed by atoms with E-state index >= 15 is 0 Å². The number of amidine groups is 1. The summed E-state index contributed by atoms with van der Waals surface area (Å²) in [4.78, 5) is 11.6. The van der Waals surface area contributed by atoms with Gasteiger partial charge in [0.15, 0.2) is 5.84 Å². The van der Waals surface area contributed by atoms with Crippen LogP contribution in [0, 0.1) is 5.82 Å². The predicted octanol–water partition coefficient (Wildman–Crippen LogP) is 0.288. The summed E-state index contributed by atoms with van der Waals surface area (Å²) in [5.74, 6) is -0.893. The third-order valence-corrected chi connectivity index (χ3v) is 3.29. The largest absolute Gasteiger partial charge is 0.409 e. The highest BCUT2D eigenvalue weighted by Crippen LogP contribution is 2.13. The first-order valence-corrected chi connectivity index (χ1v) is 6.40. The second-order valence-electron chi connectivity index (χ2n) is 4.63. The van der Waals surface area contributed by atoms with E-state index in [1.165, 1.54) is 6.07 Å². The molecule has 1 aromatic carbocycles. The van der Waals surface area contributed by atoms with Gasteiger partial charge in [0, 0.05) is 18.7 Å². The number of halogens is 1. The van der Waals surface area contributed by atoms with E-state index in [0.29, 0.717) is 12.1 Å². The van der Waals surface area contributed by atoms with Crippen LogP contribution in [-0.4, -0.2) is 29.5 Å². The molecule has 1 amide bonds. The summed E-state index contributed by atoms with van der Waals surface area (Å²) < 4.78 is 14.1. The van der Waals surface area contributed by atoms with E-state index < -0.39 is 5.82 Å². The Bertz CT molecular complexity index is 533. The van der Waals surface area contributed by atoms with Gasteiger partial charge in [-0.25, -0.2) is 4.39 Å². The number of carbonyl (C=O) groups is 1. The fourth-order valence-electron chi connectivity index (χ4n) is 2.17. The van der Waals surface area contributed by atoms with Crippen molar-refractivity contribution in [2.24, 2.45) is 10.9 Å². The number of hydrogen-bond acceptors (Lipinski definition) is 4. The van der Waals surface area contributed by atoms with Crippen molar-refractivity contribution in [1.29, 1.82) is 0 Å². The molecule has 5 N–H and O–H groups in total. The average molecular weight is 280 g/mol. The number of benzene rings is 1. The zero-order valence-corrected chi connectivity index (χ0v) is 10.9. The van der Waals surface area contributed by atoms with Crippen molar-refractivity contribution in [1.82, 2.24) is 10.6 Å². The molecule has 1 aliphatic heterocycles. The van der Waals surface area contributed by atoms with Crippen LogP contribution in [0.5, 0.6) is 0 Å². The molecule has 0 saturated carbocycles. The topological polar surface area (TPSA) is 99.7 Å². The van der Waals surface area contributed by atoms with Gasteiger partial charge < -0.3 is 21.6 Å². The Hall–Kier alpha value is -2.15. The van der Waals surface area contributed by atoms with E-state index in [1.807, 2.05) is 0 Å². The number of amides is 1. The lowest BCUT2D eigenvalue weighted by Gasteiger charge is -2.23. The van der Waals surface area contributed by atoms with Crippen LogP contribution in [-0.2, 0) is 11.3 Å². The first-order chi connectivity index (χ1) is 9.63. The second-order valence-corrected chi connectivity index (χ2v) is 4.63. The van der Waals surface area contributed by atoms with Crippen LogP contribution in [0.25, 0.3) is 0 Å². The van der Waals surface area contributed by atoms with Crippen molar-refractivity contribution in [3.63, 3.8) is 0 Å². The molecule has 6 nitrogen and oxygen atoms in total. The van der Waals surface area contributed by atoms with Gasteiger partial charge in [-0.15, -0.1) is 0 Å². The normalized spacial score (nSPS) is 19.8. The summed E-state index contributed by atoms with van der Waals surface area (Å²) in [6.07, 6.45) is 1.63. The number of rotatable bonds is 4. The average Bonchev–Trinajstić information content (AvgIpc) is 2.47. The maximum absolute atomic E-state index is 14.1. The minimum Gasteiger partial charge on any atom is -0.409 e. The van der Waals surface area contributed by atoms with E-state index in [9.17, 15) is 9.18 Å². The van der Waals surface area contributed by atoms with Crippen molar-refractivity contribution in [3.8, 4) is 0 Å². The number of carbonyl (C=O) groups excluding carboxylic acids is 1. The molecular weight excluding hydrogens is 263 g/mol. The quantitative estimate of drug-likeness (QED) is 0.276. The first kappa shape index (κ1) is 14.3. The monoisotopic (exact) mass is 280 g/mol. The highest BCUT2D eigenvalue weighted by Gasteiger charge is 2.21. The van der Waals surface area contributed by atoms with Gasteiger partial charge in [0.25, 0.3) is 0 Å². The number of hydrogen-bond donors (Lipinski definition) is 4. The summed E-state index contributed by atoms with van der Waals surface area (Å²) in [5.41, 5.74) is 5.81. The Labute approximate surface area is 115 Å². The van der Waals surface area contributed by atoms with Gasteiger partial charge in [0.2, 0.25) is 5.91 Å². The minimum absolute atomic E-state index is 0.0416. The van der Waals surface area contributed by atoms with Crippen LogP contribution in [0.15, 0.2) is 23.4 Å². The molecule has 2 rings (SSSR count). The van der Waals surface area contributed by atoms with Crippen molar-refractivity contribution < 1.29 is 14.4 Å². The molecule has 1 aliphatic rings. The number of nitrogens with zero attached hydrogens (tertiary/aromatic N) is 1. The summed E-state index contributed by atoms with van der Waals surface area (Å²) in [7, 11) is 0. The molecule has 1 fully saturated rings. The standard InChI is InChI=1S/C13H17FN4O2/c14-11-8(3-1-4-9(11)12(15)18-20)7-17-10-5-2-6-16-13(10)19/h1,3-4,10,17,20H,2,5-7H2,(H2,15,18)(H,16,19). The van der Waals surface area contributed by atoms with Gasteiger partial charge in [0.05, 0.1) is 11.6 Å². The van der Waals surface area contributed by atoms with Gasteiger partial charge >= 0.3 is 0 Å². The lowest BCUT2D eigenvalue weighted by Crippen LogP contribution is -2.48. The van der Waals surface area contributed by atoms with Gasteiger partial charge in [-0.1, -0.05) is 17.3 Å². The molecule has 0 radical (unpaired) electrons. The zero-order chi connectivity index (χ0) is 14.5. The Balaban J connectivity index is 2.08. The SMILES string of the molecule is N/C(=N/O)c1cccc(CNC2CCCNC2=O)c1F. The highest BCUT2D eigenvalue weighted by molar-refractivity contribution is 5.97. The molecule has 0 bridgehead atoms. The summed E-state index contributed by atoms with van der Waals surface area (Å²) in [5, 5.41) is 17.2. The van der Waals surface area contributed by atoms with E-state index in [2.05, 4.69) is 15.8 Å². The van der Waals surface area contributed by atoms with E-state index in [4.69, 9.17) is 10.9 Å². The van der Waals surface area contributed by atoms with Crippen LogP contribution >= 0.6 is 0 Å². The molecule has 0 aliphatic carbocycles. The Morgan fingerprint density at radius 3 is 3.10 bits per heavy atom. The van der Waals surface area contributed by atoms with Crippen LogP contribution in [0.4, 0.5) is 4.39 Å². The molecule has 1 aromatic rings. The van der Waals surface area contributed by atoms with Gasteiger partial charge in [-0.3, -0.25) is 4.79 Å². The van der Waals surface area contributed by atoms with Crippen LogP contribution in [0.3, 0.4) is 0 Å². The van der Waals surface area contributed by atoms with E-state index in [1.54, 1.807) is 12.1 Å². The molecule has 7 heteroatoms.